The second kappa shape index (κ2) is 2.00. The highest BCUT2D eigenvalue weighted by molar-refractivity contribution is 4.87. The third-order valence-electron chi connectivity index (χ3n) is 2.62. The molecule has 0 spiro atoms. The van der Waals surface area contributed by atoms with Gasteiger partial charge >= 0.3 is 0 Å². The van der Waals surface area contributed by atoms with E-state index < -0.39 is 0 Å². The fourth-order valence-electron chi connectivity index (χ4n) is 1.54. The van der Waals surface area contributed by atoms with Gasteiger partial charge in [0.25, 0.3) is 0 Å². The quantitative estimate of drug-likeness (QED) is 0.541. The molecule has 9 heavy (non-hydrogen) atoms. The molecule has 2 rings (SSSR count). The van der Waals surface area contributed by atoms with Gasteiger partial charge in [-0.05, 0) is 43.9 Å². The highest BCUT2D eigenvalue weighted by Gasteiger charge is 2.32. The van der Waals surface area contributed by atoms with Crippen molar-refractivity contribution in [2.24, 2.45) is 17.8 Å². The molecule has 2 aliphatic rings. The molecule has 2 fully saturated rings. The third kappa shape index (κ3) is 1.47. The third-order valence-corrected chi connectivity index (χ3v) is 2.62. The van der Waals surface area contributed by atoms with Crippen molar-refractivity contribution < 1.29 is 0 Å². The van der Waals surface area contributed by atoms with Crippen LogP contribution in [0.5, 0.6) is 0 Å². The van der Waals surface area contributed by atoms with E-state index in [1.54, 1.807) is 0 Å². The lowest BCUT2D eigenvalue weighted by Gasteiger charge is -2.06. The SMILES string of the molecule is [CH2]C(CC1CC1)C1CC1. The summed E-state index contributed by atoms with van der Waals surface area (Å²) in [5, 5.41) is 0. The van der Waals surface area contributed by atoms with Crippen molar-refractivity contribution >= 4 is 0 Å². The standard InChI is InChI=1S/C9H15/c1-7(9-4-5-9)6-8-2-3-8/h7-9H,1-6H2. The maximum absolute atomic E-state index is 4.18. The second-order valence-corrected chi connectivity index (χ2v) is 3.78. The Hall–Kier alpha value is 0. The molecule has 51 valence electrons. The summed E-state index contributed by atoms with van der Waals surface area (Å²) in [5.74, 6) is 2.94. The van der Waals surface area contributed by atoms with Gasteiger partial charge < -0.3 is 0 Å². The summed E-state index contributed by atoms with van der Waals surface area (Å²) in [6.45, 7) is 4.18. The van der Waals surface area contributed by atoms with E-state index in [0.717, 1.165) is 17.8 Å². The second-order valence-electron chi connectivity index (χ2n) is 3.78. The predicted octanol–water partition coefficient (Wildman–Crippen LogP) is 2.65. The van der Waals surface area contributed by atoms with Crippen LogP contribution in [0.25, 0.3) is 0 Å². The Morgan fingerprint density at radius 1 is 1.22 bits per heavy atom. The molecule has 2 saturated carbocycles. The van der Waals surface area contributed by atoms with E-state index in [-0.39, 0.29) is 0 Å². The first kappa shape index (κ1) is 5.76. The van der Waals surface area contributed by atoms with Gasteiger partial charge in [-0.1, -0.05) is 12.8 Å². The van der Waals surface area contributed by atoms with Gasteiger partial charge in [0.15, 0.2) is 0 Å². The molecule has 0 aromatic rings. The molecule has 0 heteroatoms. The topological polar surface area (TPSA) is 0 Å². The van der Waals surface area contributed by atoms with E-state index in [1.807, 2.05) is 0 Å². The zero-order chi connectivity index (χ0) is 6.27. The van der Waals surface area contributed by atoms with Crippen molar-refractivity contribution in [2.75, 3.05) is 0 Å². The highest BCUT2D eigenvalue weighted by Crippen LogP contribution is 2.44. The van der Waals surface area contributed by atoms with Crippen LogP contribution in [0.2, 0.25) is 0 Å². The number of hydrogen-bond acceptors (Lipinski definition) is 0. The lowest BCUT2D eigenvalue weighted by molar-refractivity contribution is 0.486. The van der Waals surface area contributed by atoms with Crippen LogP contribution in [0.1, 0.15) is 32.1 Å². The molecule has 0 N–H and O–H groups in total. The van der Waals surface area contributed by atoms with Crippen molar-refractivity contribution in [3.05, 3.63) is 6.92 Å². The first-order valence-corrected chi connectivity index (χ1v) is 4.19. The molecule has 0 bridgehead atoms. The van der Waals surface area contributed by atoms with Gasteiger partial charge in [-0.25, -0.2) is 0 Å². The van der Waals surface area contributed by atoms with Gasteiger partial charge in [0, 0.05) is 0 Å². The van der Waals surface area contributed by atoms with Crippen LogP contribution in [-0.4, -0.2) is 0 Å². The fourth-order valence-corrected chi connectivity index (χ4v) is 1.54. The predicted molar refractivity (Wildman–Crippen MR) is 38.9 cm³/mol. The lowest BCUT2D eigenvalue weighted by atomic mass is 10.00. The summed E-state index contributed by atoms with van der Waals surface area (Å²) < 4.78 is 0. The summed E-state index contributed by atoms with van der Waals surface area (Å²) in [5.41, 5.74) is 0. The van der Waals surface area contributed by atoms with Gasteiger partial charge in [0.05, 0.1) is 0 Å². The Bertz CT molecular complexity index is 98.6. The lowest BCUT2D eigenvalue weighted by Crippen LogP contribution is -1.97. The summed E-state index contributed by atoms with van der Waals surface area (Å²) in [4.78, 5) is 0. The van der Waals surface area contributed by atoms with Crippen LogP contribution in [0, 0.1) is 24.7 Å². The zero-order valence-electron chi connectivity index (χ0n) is 5.97. The molecule has 0 aliphatic heterocycles. The molecule has 0 saturated heterocycles. The Morgan fingerprint density at radius 2 is 1.89 bits per heavy atom. The minimum Gasteiger partial charge on any atom is -0.0502 e. The van der Waals surface area contributed by atoms with Gasteiger partial charge in [-0.3, -0.25) is 0 Å². The maximum Gasteiger partial charge on any atom is -0.0383 e. The van der Waals surface area contributed by atoms with E-state index in [9.17, 15) is 0 Å². The summed E-state index contributed by atoms with van der Waals surface area (Å²) in [6.07, 6.45) is 7.38. The van der Waals surface area contributed by atoms with E-state index in [4.69, 9.17) is 0 Å². The number of hydrogen-bond donors (Lipinski definition) is 0. The Kier molecular flexibility index (Phi) is 1.28. The van der Waals surface area contributed by atoms with Crippen molar-refractivity contribution in [1.82, 2.24) is 0 Å². The van der Waals surface area contributed by atoms with Crippen LogP contribution < -0.4 is 0 Å². The summed E-state index contributed by atoms with van der Waals surface area (Å²) >= 11 is 0. The van der Waals surface area contributed by atoms with E-state index in [1.165, 1.54) is 32.1 Å². The van der Waals surface area contributed by atoms with Crippen molar-refractivity contribution in [1.29, 1.82) is 0 Å². The normalized spacial score (nSPS) is 30.3. The minimum absolute atomic E-state index is 0.817. The monoisotopic (exact) mass is 123 g/mol. The first-order valence-electron chi connectivity index (χ1n) is 4.19. The molecular weight excluding hydrogens is 108 g/mol. The molecule has 1 unspecified atom stereocenters. The maximum atomic E-state index is 4.18. The van der Waals surface area contributed by atoms with Crippen molar-refractivity contribution in [3.8, 4) is 0 Å². The van der Waals surface area contributed by atoms with Crippen molar-refractivity contribution in [2.45, 2.75) is 32.1 Å². The Labute approximate surface area is 57.6 Å². The highest BCUT2D eigenvalue weighted by atomic mass is 14.4. The Morgan fingerprint density at radius 3 is 2.33 bits per heavy atom. The first-order chi connectivity index (χ1) is 4.36. The van der Waals surface area contributed by atoms with Crippen molar-refractivity contribution in [3.63, 3.8) is 0 Å². The van der Waals surface area contributed by atoms with E-state index in [0.29, 0.717) is 0 Å². The average Bonchev–Trinajstić information content (AvgIpc) is 2.62. The fraction of sp³-hybridized carbons (Fsp3) is 0.889. The number of rotatable bonds is 3. The molecule has 0 aromatic heterocycles. The Balaban J connectivity index is 1.69. The smallest absolute Gasteiger partial charge is 0.0383 e. The molecule has 0 aromatic carbocycles. The molecule has 1 atom stereocenters. The molecule has 2 aliphatic carbocycles. The van der Waals surface area contributed by atoms with Crippen LogP contribution >= 0.6 is 0 Å². The van der Waals surface area contributed by atoms with Crippen LogP contribution in [0.15, 0.2) is 0 Å². The van der Waals surface area contributed by atoms with Gasteiger partial charge in [0.2, 0.25) is 0 Å². The molecular formula is C9H15. The van der Waals surface area contributed by atoms with Crippen LogP contribution in [-0.2, 0) is 0 Å². The van der Waals surface area contributed by atoms with E-state index in [2.05, 4.69) is 6.92 Å². The summed E-state index contributed by atoms with van der Waals surface area (Å²) in [7, 11) is 0. The van der Waals surface area contributed by atoms with E-state index >= 15 is 0 Å². The zero-order valence-corrected chi connectivity index (χ0v) is 5.97. The molecule has 0 heterocycles. The molecule has 0 nitrogen and oxygen atoms in total. The van der Waals surface area contributed by atoms with Crippen LogP contribution in [0.3, 0.4) is 0 Å². The minimum atomic E-state index is 0.817. The average molecular weight is 123 g/mol. The summed E-state index contributed by atoms with van der Waals surface area (Å²) in [6, 6.07) is 0. The van der Waals surface area contributed by atoms with Gasteiger partial charge in [-0.15, -0.1) is 0 Å². The van der Waals surface area contributed by atoms with Crippen LogP contribution in [0.4, 0.5) is 0 Å². The molecule has 0 amide bonds. The largest absolute Gasteiger partial charge is 0.0502 e. The van der Waals surface area contributed by atoms with Gasteiger partial charge in [-0.2, -0.15) is 0 Å². The molecule has 1 radical (unpaired) electrons. The van der Waals surface area contributed by atoms with Gasteiger partial charge in [0.1, 0.15) is 0 Å².